The number of carbonyl (C=O) groups excluding carboxylic acids is 1. The van der Waals surface area contributed by atoms with Crippen LogP contribution in [0.4, 0.5) is 4.39 Å². The summed E-state index contributed by atoms with van der Waals surface area (Å²) in [5.74, 6) is 0.212. The van der Waals surface area contributed by atoms with E-state index in [0.29, 0.717) is 28.1 Å². The van der Waals surface area contributed by atoms with Gasteiger partial charge in [0.25, 0.3) is 0 Å². The van der Waals surface area contributed by atoms with Gasteiger partial charge in [-0.25, -0.2) is 4.39 Å². The van der Waals surface area contributed by atoms with Crippen molar-refractivity contribution >= 4 is 33.7 Å². The standard InChI is InChI=1S/C12H15BrFNO2S/c1-2-17-12(16)11(15)7-18-6-8-3-4-9(13)5-10(8)14/h3-5,11H,2,6-7,15H2,1H3. The van der Waals surface area contributed by atoms with Gasteiger partial charge in [-0.05, 0) is 24.6 Å². The molecule has 1 atom stereocenters. The predicted molar refractivity (Wildman–Crippen MR) is 74.9 cm³/mol. The third-order valence-corrected chi connectivity index (χ3v) is 3.76. The van der Waals surface area contributed by atoms with Crippen molar-refractivity contribution in [3.8, 4) is 0 Å². The highest BCUT2D eigenvalue weighted by Gasteiger charge is 2.14. The monoisotopic (exact) mass is 335 g/mol. The summed E-state index contributed by atoms with van der Waals surface area (Å²) in [6.07, 6.45) is 0. The van der Waals surface area contributed by atoms with Crippen molar-refractivity contribution in [2.45, 2.75) is 18.7 Å². The van der Waals surface area contributed by atoms with E-state index in [1.165, 1.54) is 17.8 Å². The van der Waals surface area contributed by atoms with Gasteiger partial charge in [-0.1, -0.05) is 22.0 Å². The van der Waals surface area contributed by atoms with E-state index >= 15 is 0 Å². The second-order valence-corrected chi connectivity index (χ2v) is 5.56. The lowest BCUT2D eigenvalue weighted by atomic mass is 10.2. The topological polar surface area (TPSA) is 52.3 Å². The van der Waals surface area contributed by atoms with E-state index in [1.54, 1.807) is 19.1 Å². The number of carbonyl (C=O) groups is 1. The van der Waals surface area contributed by atoms with Crippen LogP contribution in [0.15, 0.2) is 22.7 Å². The number of benzene rings is 1. The lowest BCUT2D eigenvalue weighted by Gasteiger charge is -2.10. The summed E-state index contributed by atoms with van der Waals surface area (Å²) < 4.78 is 19.0. The summed E-state index contributed by atoms with van der Waals surface area (Å²) in [5.41, 5.74) is 6.23. The van der Waals surface area contributed by atoms with Crippen LogP contribution in [0.1, 0.15) is 12.5 Å². The quantitative estimate of drug-likeness (QED) is 0.812. The largest absolute Gasteiger partial charge is 0.465 e. The SMILES string of the molecule is CCOC(=O)C(N)CSCc1ccc(Br)cc1F. The third kappa shape index (κ3) is 4.96. The first-order valence-electron chi connectivity index (χ1n) is 5.48. The van der Waals surface area contributed by atoms with Crippen LogP contribution in [-0.2, 0) is 15.3 Å². The Kier molecular flexibility index (Phi) is 6.67. The van der Waals surface area contributed by atoms with Crippen molar-refractivity contribution in [3.05, 3.63) is 34.1 Å². The van der Waals surface area contributed by atoms with Crippen LogP contribution in [0.5, 0.6) is 0 Å². The van der Waals surface area contributed by atoms with Gasteiger partial charge in [0.1, 0.15) is 11.9 Å². The van der Waals surface area contributed by atoms with E-state index in [2.05, 4.69) is 15.9 Å². The van der Waals surface area contributed by atoms with Crippen LogP contribution < -0.4 is 5.73 Å². The first-order chi connectivity index (χ1) is 8.54. The molecule has 0 saturated heterocycles. The van der Waals surface area contributed by atoms with Crippen LogP contribution in [0.3, 0.4) is 0 Å². The van der Waals surface area contributed by atoms with Gasteiger partial charge in [0.2, 0.25) is 0 Å². The molecule has 0 bridgehead atoms. The van der Waals surface area contributed by atoms with Crippen LogP contribution in [0, 0.1) is 5.82 Å². The minimum atomic E-state index is -0.659. The highest BCUT2D eigenvalue weighted by Crippen LogP contribution is 2.20. The van der Waals surface area contributed by atoms with Gasteiger partial charge in [0, 0.05) is 16.0 Å². The Balaban J connectivity index is 2.39. The van der Waals surface area contributed by atoms with Gasteiger partial charge in [0.05, 0.1) is 6.61 Å². The summed E-state index contributed by atoms with van der Waals surface area (Å²) in [5, 5.41) is 0. The lowest BCUT2D eigenvalue weighted by molar-refractivity contribution is -0.144. The molecule has 0 spiro atoms. The molecule has 1 rings (SSSR count). The van der Waals surface area contributed by atoms with Crippen LogP contribution >= 0.6 is 27.7 Å². The molecule has 1 unspecified atom stereocenters. The zero-order valence-corrected chi connectivity index (χ0v) is 12.4. The van der Waals surface area contributed by atoms with Gasteiger partial charge >= 0.3 is 5.97 Å². The number of thioether (sulfide) groups is 1. The van der Waals surface area contributed by atoms with Gasteiger partial charge in [-0.15, -0.1) is 0 Å². The molecule has 0 radical (unpaired) electrons. The van der Waals surface area contributed by atoms with Crippen molar-refractivity contribution < 1.29 is 13.9 Å². The molecular formula is C12H15BrFNO2S. The van der Waals surface area contributed by atoms with Crippen molar-refractivity contribution in [2.24, 2.45) is 5.73 Å². The summed E-state index contributed by atoms with van der Waals surface area (Å²) >= 11 is 4.60. The molecule has 0 fully saturated rings. The maximum atomic E-state index is 13.5. The van der Waals surface area contributed by atoms with Crippen molar-refractivity contribution in [2.75, 3.05) is 12.4 Å². The fourth-order valence-corrected chi connectivity index (χ4v) is 2.55. The maximum absolute atomic E-state index is 13.5. The molecule has 0 aliphatic rings. The summed E-state index contributed by atoms with van der Waals surface area (Å²) in [6.45, 7) is 2.05. The number of esters is 1. The van der Waals surface area contributed by atoms with Gasteiger partial charge in [-0.2, -0.15) is 11.8 Å². The Hall–Kier alpha value is -0.590. The highest BCUT2D eigenvalue weighted by molar-refractivity contribution is 9.10. The number of rotatable bonds is 6. The Morgan fingerprint density at radius 2 is 2.33 bits per heavy atom. The van der Waals surface area contributed by atoms with Crippen molar-refractivity contribution in [1.82, 2.24) is 0 Å². The maximum Gasteiger partial charge on any atom is 0.323 e. The zero-order chi connectivity index (χ0) is 13.5. The summed E-state index contributed by atoms with van der Waals surface area (Å²) in [4.78, 5) is 11.3. The third-order valence-electron chi connectivity index (χ3n) is 2.16. The number of halogens is 2. The molecule has 0 aliphatic heterocycles. The number of nitrogens with two attached hydrogens (primary N) is 1. The normalized spacial score (nSPS) is 12.2. The zero-order valence-electron chi connectivity index (χ0n) is 9.99. The molecule has 0 saturated carbocycles. The molecule has 3 nitrogen and oxygen atoms in total. The van der Waals surface area contributed by atoms with E-state index in [9.17, 15) is 9.18 Å². The first-order valence-corrected chi connectivity index (χ1v) is 7.43. The van der Waals surface area contributed by atoms with E-state index < -0.39 is 12.0 Å². The lowest BCUT2D eigenvalue weighted by Crippen LogP contribution is -2.34. The average Bonchev–Trinajstić information content (AvgIpc) is 2.32. The Morgan fingerprint density at radius 1 is 1.61 bits per heavy atom. The minimum Gasteiger partial charge on any atom is -0.465 e. The number of hydrogen-bond donors (Lipinski definition) is 1. The molecule has 0 heterocycles. The van der Waals surface area contributed by atoms with E-state index in [1.807, 2.05) is 0 Å². The van der Waals surface area contributed by atoms with E-state index in [-0.39, 0.29) is 5.82 Å². The fourth-order valence-electron chi connectivity index (χ4n) is 1.25. The minimum absolute atomic E-state index is 0.262. The molecule has 1 aromatic rings. The molecule has 0 aliphatic carbocycles. The predicted octanol–water partition coefficient (Wildman–Crippen LogP) is 2.71. The van der Waals surface area contributed by atoms with Crippen LogP contribution in [0.2, 0.25) is 0 Å². The molecular weight excluding hydrogens is 321 g/mol. The second kappa shape index (κ2) is 7.76. The molecule has 6 heteroatoms. The number of hydrogen-bond acceptors (Lipinski definition) is 4. The smallest absolute Gasteiger partial charge is 0.323 e. The Morgan fingerprint density at radius 3 is 2.94 bits per heavy atom. The van der Waals surface area contributed by atoms with E-state index in [0.717, 1.165) is 0 Å². The molecule has 2 N–H and O–H groups in total. The molecule has 100 valence electrons. The number of ether oxygens (including phenoxy) is 1. The molecule has 0 aromatic heterocycles. The second-order valence-electron chi connectivity index (χ2n) is 3.61. The average molecular weight is 336 g/mol. The fraction of sp³-hybridized carbons (Fsp3) is 0.417. The van der Waals surface area contributed by atoms with E-state index in [4.69, 9.17) is 10.5 Å². The van der Waals surface area contributed by atoms with Crippen LogP contribution in [-0.4, -0.2) is 24.4 Å². The van der Waals surface area contributed by atoms with Crippen molar-refractivity contribution in [1.29, 1.82) is 0 Å². The van der Waals surface area contributed by atoms with Crippen LogP contribution in [0.25, 0.3) is 0 Å². The van der Waals surface area contributed by atoms with Gasteiger partial charge in [-0.3, -0.25) is 4.79 Å². The molecule has 18 heavy (non-hydrogen) atoms. The molecule has 0 amide bonds. The van der Waals surface area contributed by atoms with Gasteiger partial charge < -0.3 is 10.5 Å². The Bertz CT molecular complexity index is 417. The Labute approximate surface area is 118 Å². The van der Waals surface area contributed by atoms with Gasteiger partial charge in [0.15, 0.2) is 0 Å². The summed E-state index contributed by atoms with van der Waals surface area (Å²) in [7, 11) is 0. The molecule has 1 aromatic carbocycles. The summed E-state index contributed by atoms with van der Waals surface area (Å²) in [6, 6.07) is 4.25. The highest BCUT2D eigenvalue weighted by atomic mass is 79.9. The van der Waals surface area contributed by atoms with Crippen molar-refractivity contribution in [3.63, 3.8) is 0 Å². The first kappa shape index (κ1) is 15.5.